The van der Waals surface area contributed by atoms with Crippen molar-refractivity contribution in [2.24, 2.45) is 11.0 Å². The summed E-state index contributed by atoms with van der Waals surface area (Å²) < 4.78 is 10.4. The molecule has 1 saturated carbocycles. The average Bonchev–Trinajstić information content (AvgIpc) is 3.42. The third-order valence-corrected chi connectivity index (χ3v) is 4.21. The van der Waals surface area contributed by atoms with Gasteiger partial charge in [0.15, 0.2) is 11.5 Å². The molecule has 25 heavy (non-hydrogen) atoms. The van der Waals surface area contributed by atoms with Gasteiger partial charge >= 0.3 is 0 Å². The van der Waals surface area contributed by atoms with E-state index in [1.807, 2.05) is 31.2 Å². The van der Waals surface area contributed by atoms with E-state index in [0.717, 1.165) is 23.4 Å². The molecule has 1 amide bonds. The van der Waals surface area contributed by atoms with Gasteiger partial charge in [-0.05, 0) is 49.2 Å². The zero-order valence-corrected chi connectivity index (χ0v) is 14.5. The summed E-state index contributed by atoms with van der Waals surface area (Å²) >= 11 is 0. The molecule has 130 valence electrons. The van der Waals surface area contributed by atoms with Gasteiger partial charge in [-0.15, -0.1) is 0 Å². The van der Waals surface area contributed by atoms with Gasteiger partial charge in [-0.2, -0.15) is 5.10 Å². The van der Waals surface area contributed by atoms with Gasteiger partial charge in [-0.3, -0.25) is 9.78 Å². The van der Waals surface area contributed by atoms with Crippen LogP contribution in [0.15, 0.2) is 41.5 Å². The number of amides is 1. The lowest BCUT2D eigenvalue weighted by Crippen LogP contribution is -2.20. The Morgan fingerprint density at radius 1 is 1.24 bits per heavy atom. The molecular formula is C19H21N3O3. The molecule has 2 unspecified atom stereocenters. The largest absolute Gasteiger partial charge is 0.493 e. The molecule has 0 radical (unpaired) electrons. The minimum Gasteiger partial charge on any atom is -0.493 e. The quantitative estimate of drug-likeness (QED) is 0.649. The van der Waals surface area contributed by atoms with Crippen molar-refractivity contribution in [3.8, 4) is 11.5 Å². The summed E-state index contributed by atoms with van der Waals surface area (Å²) in [5, 5.41) is 4.04. The Morgan fingerprint density at radius 2 is 2.04 bits per heavy atom. The predicted molar refractivity (Wildman–Crippen MR) is 95.1 cm³/mol. The van der Waals surface area contributed by atoms with E-state index in [1.165, 1.54) is 0 Å². The zero-order chi connectivity index (χ0) is 17.8. The number of hydrazone groups is 1. The number of aromatic nitrogens is 1. The number of aryl methyl sites for hydroxylation is 1. The number of ether oxygens (including phenoxy) is 2. The van der Waals surface area contributed by atoms with Gasteiger partial charge in [0.25, 0.3) is 0 Å². The number of nitrogens with zero attached hydrogens (tertiary/aromatic N) is 2. The molecule has 6 nitrogen and oxygen atoms in total. The molecule has 0 aliphatic heterocycles. The van der Waals surface area contributed by atoms with Crippen LogP contribution in [0.3, 0.4) is 0 Å². The average molecular weight is 339 g/mol. The Balaban J connectivity index is 1.57. The molecule has 1 aromatic carbocycles. The molecule has 2 aromatic rings. The number of carbonyl (C=O) groups is 1. The van der Waals surface area contributed by atoms with Gasteiger partial charge in [-0.25, -0.2) is 5.43 Å². The molecular weight excluding hydrogens is 318 g/mol. The molecule has 1 aromatic heterocycles. The van der Waals surface area contributed by atoms with E-state index in [4.69, 9.17) is 9.47 Å². The summed E-state index contributed by atoms with van der Waals surface area (Å²) in [6.45, 7) is 1.95. The van der Waals surface area contributed by atoms with E-state index >= 15 is 0 Å². The SMILES string of the molecule is COc1ccc(C=NNC(=O)C2CC2c2cccc(C)n2)cc1OC. The van der Waals surface area contributed by atoms with E-state index in [9.17, 15) is 4.79 Å². The highest BCUT2D eigenvalue weighted by Gasteiger charge is 2.44. The summed E-state index contributed by atoms with van der Waals surface area (Å²) in [6.07, 6.45) is 2.40. The molecule has 3 rings (SSSR count). The molecule has 0 saturated heterocycles. The van der Waals surface area contributed by atoms with Gasteiger partial charge in [0.2, 0.25) is 5.91 Å². The van der Waals surface area contributed by atoms with Crippen LogP contribution >= 0.6 is 0 Å². The van der Waals surface area contributed by atoms with E-state index in [-0.39, 0.29) is 17.7 Å². The van der Waals surface area contributed by atoms with Crippen LogP contribution in [0.4, 0.5) is 0 Å². The van der Waals surface area contributed by atoms with E-state index in [2.05, 4.69) is 15.5 Å². The number of rotatable bonds is 6. The summed E-state index contributed by atoms with van der Waals surface area (Å²) in [7, 11) is 3.16. The second-order valence-electron chi connectivity index (χ2n) is 6.00. The molecule has 1 aliphatic rings. The maximum absolute atomic E-state index is 12.2. The lowest BCUT2D eigenvalue weighted by Gasteiger charge is -2.07. The van der Waals surface area contributed by atoms with Crippen LogP contribution in [0.2, 0.25) is 0 Å². The first-order valence-corrected chi connectivity index (χ1v) is 8.11. The third kappa shape index (κ3) is 3.96. The van der Waals surface area contributed by atoms with Crippen LogP contribution < -0.4 is 14.9 Å². The van der Waals surface area contributed by atoms with Crippen LogP contribution in [0.25, 0.3) is 0 Å². The second kappa shape index (κ2) is 7.34. The smallest absolute Gasteiger partial charge is 0.243 e. The van der Waals surface area contributed by atoms with E-state index < -0.39 is 0 Å². The third-order valence-electron chi connectivity index (χ3n) is 4.21. The fourth-order valence-corrected chi connectivity index (χ4v) is 2.77. The summed E-state index contributed by atoms with van der Waals surface area (Å²) in [5.74, 6) is 1.32. The minimum atomic E-state index is -0.0787. The lowest BCUT2D eigenvalue weighted by atomic mass is 10.2. The van der Waals surface area contributed by atoms with Crippen molar-refractivity contribution >= 4 is 12.1 Å². The van der Waals surface area contributed by atoms with Gasteiger partial charge in [0.05, 0.1) is 20.4 Å². The van der Waals surface area contributed by atoms with Crippen molar-refractivity contribution in [3.05, 3.63) is 53.3 Å². The van der Waals surface area contributed by atoms with Gasteiger partial charge in [0.1, 0.15) is 0 Å². The van der Waals surface area contributed by atoms with Crippen LogP contribution in [-0.2, 0) is 4.79 Å². The fourth-order valence-electron chi connectivity index (χ4n) is 2.77. The molecule has 1 heterocycles. The summed E-state index contributed by atoms with van der Waals surface area (Å²) in [4.78, 5) is 16.7. The lowest BCUT2D eigenvalue weighted by molar-refractivity contribution is -0.122. The van der Waals surface area contributed by atoms with Crippen LogP contribution in [0, 0.1) is 12.8 Å². The van der Waals surface area contributed by atoms with Crippen LogP contribution in [0.5, 0.6) is 11.5 Å². The summed E-state index contributed by atoms with van der Waals surface area (Å²) in [5.41, 5.74) is 5.36. The Morgan fingerprint density at radius 3 is 2.76 bits per heavy atom. The number of hydrogen-bond donors (Lipinski definition) is 1. The Hall–Kier alpha value is -2.89. The van der Waals surface area contributed by atoms with E-state index in [1.54, 1.807) is 32.6 Å². The first-order chi connectivity index (χ1) is 12.1. The number of methoxy groups -OCH3 is 2. The predicted octanol–water partition coefficient (Wildman–Crippen LogP) is 2.66. The maximum atomic E-state index is 12.2. The highest BCUT2D eigenvalue weighted by molar-refractivity contribution is 5.85. The molecule has 2 atom stereocenters. The van der Waals surface area contributed by atoms with Crippen molar-refractivity contribution in [2.45, 2.75) is 19.3 Å². The van der Waals surface area contributed by atoms with Gasteiger partial charge in [0, 0.05) is 23.2 Å². The van der Waals surface area contributed by atoms with Crippen molar-refractivity contribution in [3.63, 3.8) is 0 Å². The topological polar surface area (TPSA) is 72.8 Å². The van der Waals surface area contributed by atoms with Crippen LogP contribution in [0.1, 0.15) is 29.3 Å². The molecule has 6 heteroatoms. The Bertz CT molecular complexity index is 804. The number of carbonyl (C=O) groups excluding carboxylic acids is 1. The fraction of sp³-hybridized carbons (Fsp3) is 0.316. The van der Waals surface area contributed by atoms with E-state index in [0.29, 0.717) is 11.5 Å². The van der Waals surface area contributed by atoms with Gasteiger partial charge in [-0.1, -0.05) is 6.07 Å². The molecule has 1 fully saturated rings. The van der Waals surface area contributed by atoms with Crippen molar-refractivity contribution in [1.29, 1.82) is 0 Å². The monoisotopic (exact) mass is 339 g/mol. The Labute approximate surface area is 146 Å². The first-order valence-electron chi connectivity index (χ1n) is 8.11. The highest BCUT2D eigenvalue weighted by Crippen LogP contribution is 2.46. The van der Waals surface area contributed by atoms with Crippen LogP contribution in [-0.4, -0.2) is 31.3 Å². The standard InChI is InChI=1S/C19H21N3O3/c1-12-5-4-6-16(21-12)14-10-15(14)19(23)22-20-11-13-7-8-17(24-2)18(9-13)25-3/h4-9,11,14-15H,10H2,1-3H3,(H,22,23). The van der Waals surface area contributed by atoms with Gasteiger partial charge < -0.3 is 9.47 Å². The zero-order valence-electron chi connectivity index (χ0n) is 14.5. The highest BCUT2D eigenvalue weighted by atomic mass is 16.5. The van der Waals surface area contributed by atoms with Crippen molar-refractivity contribution in [2.75, 3.05) is 14.2 Å². The number of pyridine rings is 1. The maximum Gasteiger partial charge on any atom is 0.243 e. The molecule has 1 aliphatic carbocycles. The van der Waals surface area contributed by atoms with Crippen molar-refractivity contribution < 1.29 is 14.3 Å². The Kier molecular flexibility index (Phi) is 4.97. The molecule has 0 bridgehead atoms. The van der Waals surface area contributed by atoms with Crippen molar-refractivity contribution in [1.82, 2.24) is 10.4 Å². The number of hydrogen-bond acceptors (Lipinski definition) is 5. The molecule has 1 N–H and O–H groups in total. The number of nitrogens with one attached hydrogen (secondary N) is 1. The number of benzene rings is 1. The minimum absolute atomic E-state index is 0.0585. The molecule has 0 spiro atoms. The first kappa shape index (κ1) is 17.0. The normalized spacial score (nSPS) is 18.8. The summed E-state index contributed by atoms with van der Waals surface area (Å²) in [6, 6.07) is 11.3. The second-order valence-corrected chi connectivity index (χ2v) is 6.00.